The Balaban J connectivity index is 1.56. The molecule has 0 aliphatic carbocycles. The van der Waals surface area contributed by atoms with Crippen LogP contribution in [0.1, 0.15) is 30.9 Å². The van der Waals surface area contributed by atoms with Gasteiger partial charge in [-0.05, 0) is 55.5 Å². The number of nitrogens with two attached hydrogens (primary N) is 1. The summed E-state index contributed by atoms with van der Waals surface area (Å²) in [6, 6.07) is 13.0. The van der Waals surface area contributed by atoms with E-state index in [2.05, 4.69) is 18.4 Å². The Morgan fingerprint density at radius 2 is 2.04 bits per heavy atom. The summed E-state index contributed by atoms with van der Waals surface area (Å²) in [5.41, 5.74) is 6.01. The highest BCUT2D eigenvalue weighted by atomic mass is 35.5. The average Bonchev–Trinajstić information content (AvgIpc) is 2.91. The van der Waals surface area contributed by atoms with E-state index < -0.39 is 10.0 Å². The number of nitrogens with one attached hydrogen (secondary N) is 1. The van der Waals surface area contributed by atoms with Gasteiger partial charge in [-0.3, -0.25) is 15.2 Å². The Hall–Kier alpha value is -2.09. The first-order chi connectivity index (χ1) is 12.8. The molecule has 1 unspecified atom stereocenters. The molecule has 27 heavy (non-hydrogen) atoms. The second kappa shape index (κ2) is 7.88. The predicted octanol–water partition coefficient (Wildman–Crippen LogP) is 2.79. The van der Waals surface area contributed by atoms with Gasteiger partial charge in [0.2, 0.25) is 15.9 Å². The Morgan fingerprint density at radius 1 is 1.30 bits per heavy atom. The highest BCUT2D eigenvalue weighted by Gasteiger charge is 2.26. The van der Waals surface area contributed by atoms with E-state index >= 15 is 0 Å². The number of carbonyl (C=O) groups excluding carboxylic acids is 1. The van der Waals surface area contributed by atoms with Crippen molar-refractivity contribution in [3.05, 3.63) is 58.6 Å². The molecular formula is C19H22ClN3O3S. The molecule has 1 heterocycles. The van der Waals surface area contributed by atoms with Gasteiger partial charge in [0.15, 0.2) is 0 Å². The van der Waals surface area contributed by atoms with Gasteiger partial charge in [0.1, 0.15) is 4.90 Å². The van der Waals surface area contributed by atoms with Gasteiger partial charge < -0.3 is 0 Å². The van der Waals surface area contributed by atoms with Crippen LogP contribution in [0.25, 0.3) is 0 Å². The monoisotopic (exact) mass is 407 g/mol. The van der Waals surface area contributed by atoms with Crippen LogP contribution in [0.2, 0.25) is 5.02 Å². The first kappa shape index (κ1) is 19.7. The molecule has 1 aliphatic rings. The van der Waals surface area contributed by atoms with Crippen LogP contribution in [-0.2, 0) is 27.7 Å². The number of carbonyl (C=O) groups is 1. The van der Waals surface area contributed by atoms with Crippen LogP contribution in [0.4, 0.5) is 5.69 Å². The minimum atomic E-state index is -3.87. The summed E-state index contributed by atoms with van der Waals surface area (Å²) >= 11 is 5.89. The lowest BCUT2D eigenvalue weighted by Gasteiger charge is -2.25. The van der Waals surface area contributed by atoms with Crippen molar-refractivity contribution in [3.8, 4) is 0 Å². The van der Waals surface area contributed by atoms with E-state index in [1.807, 2.05) is 23.2 Å². The van der Waals surface area contributed by atoms with Gasteiger partial charge in [-0.25, -0.2) is 13.6 Å². The molecule has 3 rings (SSSR count). The number of hydrazine groups is 1. The van der Waals surface area contributed by atoms with Gasteiger partial charge in [0.05, 0.1) is 16.8 Å². The van der Waals surface area contributed by atoms with Gasteiger partial charge >= 0.3 is 0 Å². The zero-order valence-electron chi connectivity index (χ0n) is 15.0. The van der Waals surface area contributed by atoms with Crippen molar-refractivity contribution < 1.29 is 13.2 Å². The average molecular weight is 408 g/mol. The number of hydrogen-bond donors (Lipinski definition) is 2. The van der Waals surface area contributed by atoms with Crippen LogP contribution in [-0.4, -0.2) is 20.4 Å². The topological polar surface area (TPSA) is 92.5 Å². The lowest BCUT2D eigenvalue weighted by atomic mass is 10.1. The maximum absolute atomic E-state index is 12.3. The van der Waals surface area contributed by atoms with Crippen molar-refractivity contribution in [1.29, 1.82) is 0 Å². The van der Waals surface area contributed by atoms with Gasteiger partial charge in [-0.1, -0.05) is 35.9 Å². The third kappa shape index (κ3) is 4.61. The zero-order valence-corrected chi connectivity index (χ0v) is 16.6. The third-order valence-electron chi connectivity index (χ3n) is 4.62. The van der Waals surface area contributed by atoms with Crippen molar-refractivity contribution in [2.75, 3.05) is 5.01 Å². The fourth-order valence-corrected chi connectivity index (χ4v) is 4.40. The normalized spacial score (nSPS) is 16.3. The summed E-state index contributed by atoms with van der Waals surface area (Å²) in [7, 11) is -3.87. The van der Waals surface area contributed by atoms with E-state index in [0.717, 1.165) is 17.7 Å². The summed E-state index contributed by atoms with van der Waals surface area (Å²) < 4.78 is 23.1. The molecule has 2 aromatic rings. The number of benzene rings is 2. The summed E-state index contributed by atoms with van der Waals surface area (Å²) in [4.78, 5) is 12.2. The molecule has 6 nitrogen and oxygen atoms in total. The van der Waals surface area contributed by atoms with E-state index in [1.165, 1.54) is 17.7 Å². The summed E-state index contributed by atoms with van der Waals surface area (Å²) in [5.74, 6) is -0.0702. The first-order valence-electron chi connectivity index (χ1n) is 8.73. The smallest absolute Gasteiger partial charge is 0.239 e. The minimum Gasteiger partial charge on any atom is -0.282 e. The first-order valence-corrected chi connectivity index (χ1v) is 10.7. The van der Waals surface area contributed by atoms with Gasteiger partial charge in [-0.15, -0.1) is 0 Å². The number of fused-ring (bicyclic) bond motifs is 1. The van der Waals surface area contributed by atoms with Crippen molar-refractivity contribution >= 4 is 33.2 Å². The largest absolute Gasteiger partial charge is 0.282 e. The maximum atomic E-state index is 12.3. The van der Waals surface area contributed by atoms with Crippen LogP contribution in [0, 0.1) is 0 Å². The number of hydrogen-bond acceptors (Lipinski definition) is 4. The van der Waals surface area contributed by atoms with Crippen LogP contribution < -0.4 is 15.6 Å². The summed E-state index contributed by atoms with van der Waals surface area (Å²) in [6.45, 7) is 2.07. The van der Waals surface area contributed by atoms with Crippen LogP contribution in [0.5, 0.6) is 0 Å². The van der Waals surface area contributed by atoms with Gasteiger partial charge in [0, 0.05) is 6.42 Å². The number of halogens is 1. The van der Waals surface area contributed by atoms with Crippen LogP contribution in [0.15, 0.2) is 47.4 Å². The van der Waals surface area contributed by atoms with E-state index in [-0.39, 0.29) is 21.9 Å². The highest BCUT2D eigenvalue weighted by molar-refractivity contribution is 7.89. The highest BCUT2D eigenvalue weighted by Crippen LogP contribution is 2.30. The molecule has 0 bridgehead atoms. The van der Waals surface area contributed by atoms with E-state index in [9.17, 15) is 13.2 Å². The number of amides is 1. The quantitative estimate of drug-likeness (QED) is 0.770. The Bertz CT molecular complexity index is 962. The molecule has 0 radical (unpaired) electrons. The number of primary sulfonamides is 1. The molecule has 8 heteroatoms. The Morgan fingerprint density at radius 3 is 2.78 bits per heavy atom. The Kier molecular flexibility index (Phi) is 5.74. The zero-order chi connectivity index (χ0) is 19.6. The fraction of sp³-hybridized carbons (Fsp3) is 0.316. The number of rotatable bonds is 6. The summed E-state index contributed by atoms with van der Waals surface area (Å²) in [6.07, 6.45) is 2.37. The predicted molar refractivity (Wildman–Crippen MR) is 106 cm³/mol. The molecule has 0 spiro atoms. The fourth-order valence-electron chi connectivity index (χ4n) is 3.30. The number of sulfonamides is 1. The van der Waals surface area contributed by atoms with Crippen molar-refractivity contribution in [2.24, 2.45) is 5.14 Å². The summed E-state index contributed by atoms with van der Waals surface area (Å²) in [5, 5.41) is 7.18. The van der Waals surface area contributed by atoms with Crippen molar-refractivity contribution in [3.63, 3.8) is 0 Å². The van der Waals surface area contributed by atoms with Crippen LogP contribution in [0.3, 0.4) is 0 Å². The van der Waals surface area contributed by atoms with Gasteiger partial charge in [0.25, 0.3) is 0 Å². The molecule has 3 N–H and O–H groups in total. The second-order valence-electron chi connectivity index (χ2n) is 6.75. The molecule has 0 aromatic heterocycles. The number of para-hydroxylation sites is 1. The molecule has 0 saturated carbocycles. The number of anilines is 1. The van der Waals surface area contributed by atoms with Crippen molar-refractivity contribution in [2.45, 2.75) is 43.5 Å². The Labute approximate surface area is 164 Å². The SMILES string of the molecule is CC1Cc2ccccc2N1NC(=O)CCCc1ccc(Cl)c(S(N)(=O)=O)c1. The van der Waals surface area contributed by atoms with Gasteiger partial charge in [-0.2, -0.15) is 0 Å². The van der Waals surface area contributed by atoms with E-state index in [0.29, 0.717) is 19.3 Å². The van der Waals surface area contributed by atoms with Crippen molar-refractivity contribution in [1.82, 2.24) is 5.43 Å². The lowest BCUT2D eigenvalue weighted by Crippen LogP contribution is -2.45. The molecule has 2 aromatic carbocycles. The van der Waals surface area contributed by atoms with E-state index in [1.54, 1.807) is 6.07 Å². The number of aryl methyl sites for hydroxylation is 1. The maximum Gasteiger partial charge on any atom is 0.239 e. The molecule has 144 valence electrons. The molecule has 1 atom stereocenters. The minimum absolute atomic E-state index is 0.0702. The molecule has 1 aliphatic heterocycles. The van der Waals surface area contributed by atoms with E-state index in [4.69, 9.17) is 16.7 Å². The molecule has 0 fully saturated rings. The lowest BCUT2D eigenvalue weighted by molar-refractivity contribution is -0.121. The van der Waals surface area contributed by atoms with Crippen LogP contribution >= 0.6 is 11.6 Å². The molecule has 0 saturated heterocycles. The molecular weight excluding hydrogens is 386 g/mol. The molecule has 1 amide bonds. The third-order valence-corrected chi connectivity index (χ3v) is 6.02. The second-order valence-corrected chi connectivity index (χ2v) is 8.69. The standard InChI is InChI=1S/C19H22ClN3O3S/c1-13-11-15-6-2-3-7-17(15)23(13)22-19(24)8-4-5-14-9-10-16(20)18(12-14)27(21,25)26/h2-3,6-7,9-10,12-13H,4-5,8,11H2,1H3,(H,22,24)(H2,21,25,26). The number of nitrogens with zero attached hydrogens (tertiary/aromatic N) is 1.